The fourth-order valence-corrected chi connectivity index (χ4v) is 4.69. The number of nitrogens with one attached hydrogen (secondary N) is 1. The number of benzene rings is 1. The average Bonchev–Trinajstić information content (AvgIpc) is 2.95. The number of aryl methyl sites for hydroxylation is 1. The van der Waals surface area contributed by atoms with Crippen LogP contribution in [-0.4, -0.2) is 49.7 Å². The molecule has 0 aliphatic heterocycles. The molecule has 2 aromatic rings. The van der Waals surface area contributed by atoms with Crippen molar-refractivity contribution in [3.8, 4) is 0 Å². The largest absolute Gasteiger partial charge is 0.464 e. The van der Waals surface area contributed by atoms with Gasteiger partial charge in [0.2, 0.25) is 10.0 Å². The molecule has 0 spiro atoms. The third-order valence-electron chi connectivity index (χ3n) is 4.38. The number of Topliss-reactive ketones (excluding diaryl/α,β-unsaturated/α-hetero) is 1. The summed E-state index contributed by atoms with van der Waals surface area (Å²) in [6, 6.07) is 8.04. The Morgan fingerprint density at radius 2 is 1.75 bits per heavy atom. The van der Waals surface area contributed by atoms with Crippen molar-refractivity contribution < 1.29 is 22.7 Å². The highest BCUT2D eigenvalue weighted by molar-refractivity contribution is 7.89. The number of aromatic amines is 1. The fourth-order valence-electron chi connectivity index (χ4n) is 3.11. The smallest absolute Gasteiger partial charge is 0.354 e. The third kappa shape index (κ3) is 4.51. The van der Waals surface area contributed by atoms with Gasteiger partial charge in [-0.15, -0.1) is 0 Å². The second-order valence-corrected chi connectivity index (χ2v) is 8.98. The number of nitrogens with zero attached hydrogens (tertiary/aromatic N) is 1. The molecule has 0 atom stereocenters. The Labute approximate surface area is 165 Å². The fraction of sp³-hybridized carbons (Fsp3) is 0.400. The maximum absolute atomic E-state index is 13.1. The molecular formula is C20H26N2O5S. The second kappa shape index (κ2) is 8.70. The lowest BCUT2D eigenvalue weighted by atomic mass is 10.1. The minimum absolute atomic E-state index is 0.0327. The van der Waals surface area contributed by atoms with Crippen LogP contribution in [0.2, 0.25) is 0 Å². The van der Waals surface area contributed by atoms with E-state index in [0.29, 0.717) is 16.8 Å². The Morgan fingerprint density at radius 3 is 2.29 bits per heavy atom. The van der Waals surface area contributed by atoms with Crippen LogP contribution in [0.5, 0.6) is 0 Å². The first-order valence-electron chi connectivity index (χ1n) is 8.95. The van der Waals surface area contributed by atoms with E-state index < -0.39 is 16.0 Å². The molecular weight excluding hydrogens is 380 g/mol. The maximum Gasteiger partial charge on any atom is 0.354 e. The number of carbonyl (C=O) groups excluding carboxylic acids is 2. The molecule has 2 rings (SSSR count). The molecule has 0 fully saturated rings. The van der Waals surface area contributed by atoms with E-state index in [-0.39, 0.29) is 35.4 Å². The van der Waals surface area contributed by atoms with Crippen LogP contribution < -0.4 is 0 Å². The molecule has 0 saturated carbocycles. The van der Waals surface area contributed by atoms with Crippen LogP contribution in [-0.2, 0) is 14.8 Å². The lowest BCUT2D eigenvalue weighted by Gasteiger charge is -2.23. The standard InChI is InChI=1S/C20H26N2O5S/c1-13(2)11-22(28(25,26)16-9-7-6-8-10-16)12-17(23)18-14(3)19(20(24)27-5)21-15(18)4/h6-10,13,21H,11-12H2,1-5H3. The van der Waals surface area contributed by atoms with Crippen LogP contribution in [0.15, 0.2) is 35.2 Å². The van der Waals surface area contributed by atoms with Gasteiger partial charge in [-0.3, -0.25) is 4.79 Å². The van der Waals surface area contributed by atoms with Crippen molar-refractivity contribution >= 4 is 21.8 Å². The van der Waals surface area contributed by atoms with Crippen molar-refractivity contribution in [2.75, 3.05) is 20.2 Å². The molecule has 0 saturated heterocycles. The highest BCUT2D eigenvalue weighted by Crippen LogP contribution is 2.22. The molecule has 1 aromatic carbocycles. The molecule has 1 N–H and O–H groups in total. The van der Waals surface area contributed by atoms with E-state index in [2.05, 4.69) is 4.98 Å². The van der Waals surface area contributed by atoms with Crippen molar-refractivity contribution in [2.45, 2.75) is 32.6 Å². The zero-order valence-corrected chi connectivity index (χ0v) is 17.6. The highest BCUT2D eigenvalue weighted by Gasteiger charge is 2.30. The van der Waals surface area contributed by atoms with Crippen molar-refractivity contribution in [3.63, 3.8) is 0 Å². The van der Waals surface area contributed by atoms with Crippen molar-refractivity contribution in [3.05, 3.63) is 52.8 Å². The van der Waals surface area contributed by atoms with Crippen LogP contribution in [0.1, 0.15) is 46.0 Å². The number of esters is 1. The second-order valence-electron chi connectivity index (χ2n) is 7.04. The summed E-state index contributed by atoms with van der Waals surface area (Å²) in [5.41, 5.74) is 1.47. The number of ketones is 1. The Hall–Kier alpha value is -2.45. The first-order valence-corrected chi connectivity index (χ1v) is 10.4. The Morgan fingerprint density at radius 1 is 1.14 bits per heavy atom. The van der Waals surface area contributed by atoms with Crippen LogP contribution in [0.3, 0.4) is 0 Å². The number of hydrogen-bond donors (Lipinski definition) is 1. The Kier molecular flexibility index (Phi) is 6.79. The summed E-state index contributed by atoms with van der Waals surface area (Å²) in [6.45, 7) is 6.98. The molecule has 28 heavy (non-hydrogen) atoms. The number of H-pyrrole nitrogens is 1. The molecule has 152 valence electrons. The maximum atomic E-state index is 13.1. The molecule has 0 amide bonds. The quantitative estimate of drug-likeness (QED) is 0.537. The van der Waals surface area contributed by atoms with Gasteiger partial charge in [-0.05, 0) is 37.5 Å². The van der Waals surface area contributed by atoms with E-state index in [1.165, 1.54) is 23.5 Å². The zero-order chi connectivity index (χ0) is 21.1. The van der Waals surface area contributed by atoms with Crippen molar-refractivity contribution in [2.24, 2.45) is 5.92 Å². The van der Waals surface area contributed by atoms with Gasteiger partial charge in [0, 0.05) is 17.8 Å². The molecule has 0 unspecified atom stereocenters. The third-order valence-corrected chi connectivity index (χ3v) is 6.20. The van der Waals surface area contributed by atoms with Crippen LogP contribution >= 0.6 is 0 Å². The first kappa shape index (κ1) is 21.8. The predicted octanol–water partition coefficient (Wildman–Crippen LogP) is 2.95. The minimum Gasteiger partial charge on any atom is -0.464 e. The van der Waals surface area contributed by atoms with Gasteiger partial charge in [-0.2, -0.15) is 4.31 Å². The number of sulfonamides is 1. The summed E-state index contributed by atoms with van der Waals surface area (Å²) in [6.07, 6.45) is 0. The van der Waals surface area contributed by atoms with Crippen LogP contribution in [0, 0.1) is 19.8 Å². The van der Waals surface area contributed by atoms with Gasteiger partial charge in [0.05, 0.1) is 18.6 Å². The summed E-state index contributed by atoms with van der Waals surface area (Å²) >= 11 is 0. The molecule has 8 heteroatoms. The SMILES string of the molecule is COC(=O)c1[nH]c(C)c(C(=O)CN(CC(C)C)S(=O)(=O)c2ccccc2)c1C. The Balaban J connectivity index is 2.40. The van der Waals surface area contributed by atoms with E-state index >= 15 is 0 Å². The van der Waals surface area contributed by atoms with E-state index in [4.69, 9.17) is 4.74 Å². The predicted molar refractivity (Wildman–Crippen MR) is 106 cm³/mol. The number of aromatic nitrogens is 1. The lowest BCUT2D eigenvalue weighted by molar-refractivity contribution is 0.0594. The molecule has 1 heterocycles. The lowest BCUT2D eigenvalue weighted by Crippen LogP contribution is -2.38. The number of hydrogen-bond acceptors (Lipinski definition) is 5. The van der Waals surface area contributed by atoms with Gasteiger partial charge in [0.25, 0.3) is 0 Å². The highest BCUT2D eigenvalue weighted by atomic mass is 32.2. The summed E-state index contributed by atoms with van der Waals surface area (Å²) in [7, 11) is -2.57. The summed E-state index contributed by atoms with van der Waals surface area (Å²) < 4.78 is 32.0. The number of ether oxygens (including phenoxy) is 1. The van der Waals surface area contributed by atoms with Gasteiger partial charge in [0.15, 0.2) is 5.78 Å². The number of carbonyl (C=O) groups is 2. The normalized spacial score (nSPS) is 11.8. The van der Waals surface area contributed by atoms with Gasteiger partial charge < -0.3 is 9.72 Å². The van der Waals surface area contributed by atoms with E-state index in [1.54, 1.807) is 32.0 Å². The van der Waals surface area contributed by atoms with Crippen molar-refractivity contribution in [1.82, 2.24) is 9.29 Å². The summed E-state index contributed by atoms with van der Waals surface area (Å²) in [5, 5.41) is 0. The van der Waals surface area contributed by atoms with Gasteiger partial charge in [0.1, 0.15) is 5.69 Å². The number of rotatable bonds is 8. The Bertz CT molecular complexity index is 962. The van der Waals surface area contributed by atoms with Gasteiger partial charge in [-0.25, -0.2) is 13.2 Å². The molecule has 7 nitrogen and oxygen atoms in total. The van der Waals surface area contributed by atoms with E-state index in [9.17, 15) is 18.0 Å². The molecule has 0 aliphatic rings. The van der Waals surface area contributed by atoms with Crippen LogP contribution in [0.4, 0.5) is 0 Å². The molecule has 0 bridgehead atoms. The minimum atomic E-state index is -3.83. The monoisotopic (exact) mass is 406 g/mol. The molecule has 0 radical (unpaired) electrons. The summed E-state index contributed by atoms with van der Waals surface area (Å²) in [4.78, 5) is 27.9. The molecule has 0 aliphatic carbocycles. The number of methoxy groups -OCH3 is 1. The van der Waals surface area contributed by atoms with E-state index in [1.807, 2.05) is 13.8 Å². The van der Waals surface area contributed by atoms with Crippen LogP contribution in [0.25, 0.3) is 0 Å². The van der Waals surface area contributed by atoms with Crippen molar-refractivity contribution in [1.29, 1.82) is 0 Å². The average molecular weight is 407 g/mol. The zero-order valence-electron chi connectivity index (χ0n) is 16.8. The van der Waals surface area contributed by atoms with Gasteiger partial charge >= 0.3 is 5.97 Å². The topological polar surface area (TPSA) is 96.5 Å². The summed E-state index contributed by atoms with van der Waals surface area (Å²) in [5.74, 6) is -0.914. The van der Waals surface area contributed by atoms with Gasteiger partial charge in [-0.1, -0.05) is 32.0 Å². The van der Waals surface area contributed by atoms with E-state index in [0.717, 1.165) is 0 Å². The molecule has 1 aromatic heterocycles. The first-order chi connectivity index (χ1) is 13.1.